The molecule has 1 aliphatic heterocycles. The van der Waals surface area contributed by atoms with Crippen LogP contribution in [0.5, 0.6) is 0 Å². The van der Waals surface area contributed by atoms with Gasteiger partial charge in [-0.3, -0.25) is 4.79 Å². The van der Waals surface area contributed by atoms with E-state index in [0.717, 1.165) is 18.4 Å². The van der Waals surface area contributed by atoms with E-state index in [1.54, 1.807) is 18.4 Å². The molecule has 0 N–H and O–H groups in total. The summed E-state index contributed by atoms with van der Waals surface area (Å²) in [5, 5.41) is -1.05. The molecule has 0 aliphatic carbocycles. The molecule has 0 spiro atoms. The van der Waals surface area contributed by atoms with Crippen molar-refractivity contribution in [2.45, 2.75) is 43.9 Å². The quantitative estimate of drug-likeness (QED) is 0.824. The second-order valence-corrected chi connectivity index (χ2v) is 8.93. The zero-order valence-corrected chi connectivity index (χ0v) is 15.1. The molecule has 2 atom stereocenters. The molecule has 2 rings (SSSR count). The largest absolute Gasteiger partial charge is 0.348 e. The Morgan fingerprint density at radius 3 is 2.48 bits per heavy atom. The maximum atomic E-state index is 13.0. The minimum Gasteiger partial charge on any atom is -0.348 e. The minimum atomic E-state index is -3.67. The Labute approximate surface area is 139 Å². The van der Waals surface area contributed by atoms with Crippen molar-refractivity contribution < 1.29 is 13.2 Å². The third kappa shape index (κ3) is 3.58. The standard InChI is InChI=1S/C17H26N2O3S/c1-14(16(20)18(3)4)23(21,22)19-12-8-11-17(19,2)13-15-9-6-5-7-10-15/h5-7,9-10,14H,8,11-13H2,1-4H3/t14-,17-/m0/s1. The Kier molecular flexibility index (Phi) is 5.16. The van der Waals surface area contributed by atoms with E-state index in [1.807, 2.05) is 37.3 Å². The third-order valence-electron chi connectivity index (χ3n) is 4.65. The van der Waals surface area contributed by atoms with Gasteiger partial charge in [-0.05, 0) is 38.7 Å². The molecule has 1 saturated heterocycles. The molecule has 5 nitrogen and oxygen atoms in total. The summed E-state index contributed by atoms with van der Waals surface area (Å²) in [6.45, 7) is 3.95. The minimum absolute atomic E-state index is 0.376. The van der Waals surface area contributed by atoms with Crippen LogP contribution in [0.2, 0.25) is 0 Å². The number of amides is 1. The van der Waals surface area contributed by atoms with Gasteiger partial charge in [0.25, 0.3) is 0 Å². The number of sulfonamides is 1. The van der Waals surface area contributed by atoms with E-state index in [2.05, 4.69) is 0 Å². The molecule has 1 fully saturated rings. The molecule has 0 saturated carbocycles. The van der Waals surface area contributed by atoms with Crippen LogP contribution in [0.3, 0.4) is 0 Å². The fourth-order valence-corrected chi connectivity index (χ4v) is 5.33. The highest BCUT2D eigenvalue weighted by Crippen LogP contribution is 2.36. The fraction of sp³-hybridized carbons (Fsp3) is 0.588. The van der Waals surface area contributed by atoms with Gasteiger partial charge in [-0.15, -0.1) is 0 Å². The molecule has 1 aromatic rings. The van der Waals surface area contributed by atoms with E-state index in [0.29, 0.717) is 13.0 Å². The maximum absolute atomic E-state index is 13.0. The lowest BCUT2D eigenvalue weighted by Crippen LogP contribution is -2.52. The Hall–Kier alpha value is -1.40. The summed E-state index contributed by atoms with van der Waals surface area (Å²) in [7, 11) is -0.499. The molecular formula is C17H26N2O3S. The number of hydrogen-bond donors (Lipinski definition) is 0. The fourth-order valence-electron chi connectivity index (χ4n) is 3.33. The van der Waals surface area contributed by atoms with Gasteiger partial charge in [-0.25, -0.2) is 8.42 Å². The van der Waals surface area contributed by atoms with Gasteiger partial charge in [0.2, 0.25) is 15.9 Å². The van der Waals surface area contributed by atoms with Crippen LogP contribution in [-0.2, 0) is 21.2 Å². The monoisotopic (exact) mass is 338 g/mol. The van der Waals surface area contributed by atoms with Crippen LogP contribution in [0, 0.1) is 0 Å². The van der Waals surface area contributed by atoms with Gasteiger partial charge in [-0.1, -0.05) is 30.3 Å². The average molecular weight is 338 g/mol. The molecule has 1 heterocycles. The number of benzene rings is 1. The van der Waals surface area contributed by atoms with E-state index in [-0.39, 0.29) is 5.91 Å². The Morgan fingerprint density at radius 1 is 1.30 bits per heavy atom. The third-order valence-corrected chi connectivity index (χ3v) is 6.98. The summed E-state index contributed by atoms with van der Waals surface area (Å²) in [6, 6.07) is 9.91. The predicted molar refractivity (Wildman–Crippen MR) is 91.6 cm³/mol. The zero-order chi connectivity index (χ0) is 17.3. The highest BCUT2D eigenvalue weighted by atomic mass is 32.2. The number of carbonyl (C=O) groups is 1. The number of hydrogen-bond acceptors (Lipinski definition) is 3. The first-order valence-corrected chi connectivity index (χ1v) is 9.45. The summed E-state index contributed by atoms with van der Waals surface area (Å²) in [5.41, 5.74) is 0.643. The second-order valence-electron chi connectivity index (χ2n) is 6.75. The van der Waals surface area contributed by atoms with Crippen LogP contribution >= 0.6 is 0 Å². The van der Waals surface area contributed by atoms with Crippen molar-refractivity contribution in [3.63, 3.8) is 0 Å². The van der Waals surface area contributed by atoms with Gasteiger partial charge in [-0.2, -0.15) is 4.31 Å². The van der Waals surface area contributed by atoms with Crippen molar-refractivity contribution in [3.05, 3.63) is 35.9 Å². The molecule has 23 heavy (non-hydrogen) atoms. The Balaban J connectivity index is 2.28. The summed E-state index contributed by atoms with van der Waals surface area (Å²) in [6.07, 6.45) is 2.30. The summed E-state index contributed by atoms with van der Waals surface area (Å²) in [5.74, 6) is -0.376. The lowest BCUT2D eigenvalue weighted by molar-refractivity contribution is -0.128. The zero-order valence-electron chi connectivity index (χ0n) is 14.3. The van der Waals surface area contributed by atoms with E-state index < -0.39 is 20.8 Å². The van der Waals surface area contributed by atoms with Crippen LogP contribution in [0.1, 0.15) is 32.3 Å². The van der Waals surface area contributed by atoms with Crippen LogP contribution in [0.25, 0.3) is 0 Å². The molecule has 1 aromatic carbocycles. The number of carbonyl (C=O) groups excluding carboxylic acids is 1. The summed E-state index contributed by atoms with van der Waals surface area (Å²) in [4.78, 5) is 13.5. The van der Waals surface area contributed by atoms with Gasteiger partial charge < -0.3 is 4.90 Å². The molecular weight excluding hydrogens is 312 g/mol. The van der Waals surface area contributed by atoms with E-state index >= 15 is 0 Å². The van der Waals surface area contributed by atoms with Gasteiger partial charge in [0.15, 0.2) is 5.25 Å². The number of nitrogens with zero attached hydrogens (tertiary/aromatic N) is 2. The van der Waals surface area contributed by atoms with E-state index in [4.69, 9.17) is 0 Å². The molecule has 6 heteroatoms. The smallest absolute Gasteiger partial charge is 0.241 e. The molecule has 1 aliphatic rings. The lowest BCUT2D eigenvalue weighted by atomic mass is 9.91. The van der Waals surface area contributed by atoms with Crippen molar-refractivity contribution in [2.75, 3.05) is 20.6 Å². The second kappa shape index (κ2) is 6.61. The van der Waals surface area contributed by atoms with Crippen molar-refractivity contribution in [2.24, 2.45) is 0 Å². The van der Waals surface area contributed by atoms with Crippen molar-refractivity contribution in [3.8, 4) is 0 Å². The van der Waals surface area contributed by atoms with Gasteiger partial charge in [0.1, 0.15) is 0 Å². The van der Waals surface area contributed by atoms with Gasteiger partial charge in [0, 0.05) is 26.2 Å². The Bertz CT molecular complexity index is 658. The van der Waals surface area contributed by atoms with Gasteiger partial charge >= 0.3 is 0 Å². The topological polar surface area (TPSA) is 57.7 Å². The Morgan fingerprint density at radius 2 is 1.91 bits per heavy atom. The highest BCUT2D eigenvalue weighted by Gasteiger charge is 2.47. The normalized spacial score (nSPS) is 23.7. The maximum Gasteiger partial charge on any atom is 0.241 e. The first-order chi connectivity index (χ1) is 10.7. The van der Waals surface area contributed by atoms with Crippen LogP contribution < -0.4 is 0 Å². The number of rotatable bonds is 5. The van der Waals surface area contributed by atoms with Crippen molar-refractivity contribution in [1.29, 1.82) is 0 Å². The van der Waals surface area contributed by atoms with E-state index in [1.165, 1.54) is 11.8 Å². The highest BCUT2D eigenvalue weighted by molar-refractivity contribution is 7.90. The van der Waals surface area contributed by atoms with Crippen molar-refractivity contribution >= 4 is 15.9 Å². The van der Waals surface area contributed by atoms with Crippen LogP contribution in [-0.4, -0.2) is 55.0 Å². The average Bonchev–Trinajstić information content (AvgIpc) is 2.88. The van der Waals surface area contributed by atoms with Crippen LogP contribution in [0.15, 0.2) is 30.3 Å². The lowest BCUT2D eigenvalue weighted by Gasteiger charge is -2.36. The predicted octanol–water partition coefficient (Wildman–Crippen LogP) is 1.89. The molecule has 1 amide bonds. The van der Waals surface area contributed by atoms with Crippen molar-refractivity contribution in [1.82, 2.24) is 9.21 Å². The molecule has 128 valence electrons. The van der Waals surface area contributed by atoms with Crippen LogP contribution in [0.4, 0.5) is 0 Å². The summed E-state index contributed by atoms with van der Waals surface area (Å²) < 4.78 is 27.5. The molecule has 0 bridgehead atoms. The summed E-state index contributed by atoms with van der Waals surface area (Å²) >= 11 is 0. The molecule has 0 unspecified atom stereocenters. The SMILES string of the molecule is C[C@@H](C(=O)N(C)C)S(=O)(=O)N1CCC[C@@]1(C)Cc1ccccc1. The van der Waals surface area contributed by atoms with Gasteiger partial charge in [0.05, 0.1) is 0 Å². The van der Waals surface area contributed by atoms with E-state index in [9.17, 15) is 13.2 Å². The molecule has 0 aromatic heterocycles. The first-order valence-electron chi connectivity index (χ1n) is 7.95. The first kappa shape index (κ1) is 17.9. The molecule has 0 radical (unpaired) electrons.